The second-order valence-electron chi connectivity index (χ2n) is 12.5. The Morgan fingerprint density at radius 2 is 1.07 bits per heavy atom. The van der Waals surface area contributed by atoms with Crippen molar-refractivity contribution >= 4 is 5.97 Å². The number of carbonyl (C=O) groups excluding carboxylic acids is 1. The Morgan fingerprint density at radius 1 is 0.643 bits per heavy atom. The van der Waals surface area contributed by atoms with Crippen molar-refractivity contribution in [1.29, 1.82) is 0 Å². The van der Waals surface area contributed by atoms with Gasteiger partial charge in [-0.15, -0.1) is 0 Å². The second-order valence-corrected chi connectivity index (χ2v) is 12.5. The number of carbonyl (C=O) groups is 1. The number of hydrogen-bond donors (Lipinski definition) is 4. The van der Waals surface area contributed by atoms with Crippen LogP contribution in [-0.4, -0.2) is 69.5 Å². The predicted molar refractivity (Wildman–Crippen MR) is 167 cm³/mol. The third-order valence-electron chi connectivity index (χ3n) is 8.48. The molecule has 0 aromatic carbocycles. The third kappa shape index (κ3) is 18.8. The van der Waals surface area contributed by atoms with Gasteiger partial charge in [-0.05, 0) is 19.8 Å². The molecule has 0 aliphatic carbocycles. The number of aliphatic hydroxyl groups excluding tert-OH is 4. The average molecular weight is 603 g/mol. The molecule has 3 unspecified atom stereocenters. The van der Waals surface area contributed by atoms with E-state index in [0.29, 0.717) is 12.8 Å². The van der Waals surface area contributed by atoms with Crippen molar-refractivity contribution in [3.8, 4) is 0 Å². The third-order valence-corrected chi connectivity index (χ3v) is 8.48. The number of esters is 1. The van der Waals surface area contributed by atoms with Gasteiger partial charge in [-0.3, -0.25) is 4.79 Å². The minimum Gasteiger partial charge on any atom is -0.436 e. The summed E-state index contributed by atoms with van der Waals surface area (Å²) in [4.78, 5) is 12.7. The molecule has 0 spiro atoms. The summed E-state index contributed by atoms with van der Waals surface area (Å²) in [6.45, 7) is 6.06. The van der Waals surface area contributed by atoms with Crippen molar-refractivity contribution in [2.45, 2.75) is 212 Å². The van der Waals surface area contributed by atoms with Crippen molar-refractivity contribution in [3.63, 3.8) is 0 Å². The molecule has 0 aromatic heterocycles. The monoisotopic (exact) mass is 602 g/mol. The zero-order valence-electron chi connectivity index (χ0n) is 27.2. The standard InChI is InChI=1S/C34H66O8/c1-4-6-8-10-12-14-15-17-19-21-23-25-29(35)42-30(36)26-28(24-22-20-18-16-13-11-9-7-5-2)41-34-33(39)32(38)31(37)27(3)40-34/h27-29,31-35,37-39H,4-26H2,1-3H3/t27?,28-,29-,31+,32?,33?,34+/m1/s1. The van der Waals surface area contributed by atoms with Gasteiger partial charge in [-0.2, -0.15) is 0 Å². The van der Waals surface area contributed by atoms with Gasteiger partial charge in [0.1, 0.15) is 18.3 Å². The smallest absolute Gasteiger partial charge is 0.310 e. The summed E-state index contributed by atoms with van der Waals surface area (Å²) in [5.41, 5.74) is 0. The summed E-state index contributed by atoms with van der Waals surface area (Å²) >= 11 is 0. The topological polar surface area (TPSA) is 126 Å². The minimum atomic E-state index is -1.43. The Bertz CT molecular complexity index is 633. The molecule has 1 heterocycles. The van der Waals surface area contributed by atoms with E-state index in [1.165, 1.54) is 89.9 Å². The van der Waals surface area contributed by atoms with E-state index in [1.54, 1.807) is 6.92 Å². The van der Waals surface area contributed by atoms with Crippen LogP contribution in [0.5, 0.6) is 0 Å². The number of aliphatic hydroxyl groups is 4. The molecular weight excluding hydrogens is 536 g/mol. The van der Waals surface area contributed by atoms with Gasteiger partial charge < -0.3 is 34.6 Å². The maximum absolute atomic E-state index is 12.7. The fraction of sp³-hybridized carbons (Fsp3) is 0.971. The maximum atomic E-state index is 12.7. The van der Waals surface area contributed by atoms with Crippen molar-refractivity contribution in [2.24, 2.45) is 0 Å². The highest BCUT2D eigenvalue weighted by atomic mass is 16.7. The Kier molecular flexibility index (Phi) is 23.9. The molecule has 1 aliphatic rings. The van der Waals surface area contributed by atoms with Gasteiger partial charge in [0, 0.05) is 6.42 Å². The van der Waals surface area contributed by atoms with Gasteiger partial charge in [-0.25, -0.2) is 0 Å². The second kappa shape index (κ2) is 25.5. The molecular formula is C34H66O8. The summed E-state index contributed by atoms with van der Waals surface area (Å²) < 4.78 is 16.9. The molecule has 0 saturated carbocycles. The molecule has 42 heavy (non-hydrogen) atoms. The molecule has 0 bridgehead atoms. The number of ether oxygens (including phenoxy) is 3. The zero-order chi connectivity index (χ0) is 31.0. The van der Waals surface area contributed by atoms with E-state index < -0.39 is 49.1 Å². The summed E-state index contributed by atoms with van der Waals surface area (Å²) in [5.74, 6) is -0.551. The van der Waals surface area contributed by atoms with E-state index in [-0.39, 0.29) is 6.42 Å². The largest absolute Gasteiger partial charge is 0.436 e. The molecule has 8 heteroatoms. The lowest BCUT2D eigenvalue weighted by Crippen LogP contribution is -2.58. The maximum Gasteiger partial charge on any atom is 0.310 e. The Hall–Kier alpha value is -0.770. The summed E-state index contributed by atoms with van der Waals surface area (Å²) in [6.07, 6.45) is 17.1. The lowest BCUT2D eigenvalue weighted by atomic mass is 9.99. The molecule has 8 nitrogen and oxygen atoms in total. The molecule has 1 aliphatic heterocycles. The van der Waals surface area contributed by atoms with E-state index in [0.717, 1.165) is 38.5 Å². The van der Waals surface area contributed by atoms with E-state index in [2.05, 4.69) is 13.8 Å². The van der Waals surface area contributed by atoms with E-state index in [1.807, 2.05) is 0 Å². The quantitative estimate of drug-likeness (QED) is 0.0447. The summed E-state index contributed by atoms with van der Waals surface area (Å²) in [6, 6.07) is 0. The van der Waals surface area contributed by atoms with Gasteiger partial charge in [0.2, 0.25) is 6.29 Å². The number of hydrogen-bond acceptors (Lipinski definition) is 8. The molecule has 0 amide bonds. The Balaban J connectivity index is 2.38. The normalized spacial score (nSPS) is 24.0. The van der Waals surface area contributed by atoms with Crippen LogP contribution in [0, 0.1) is 0 Å². The van der Waals surface area contributed by atoms with Gasteiger partial charge in [0.05, 0.1) is 18.6 Å². The fourth-order valence-corrected chi connectivity index (χ4v) is 5.64. The molecule has 4 N–H and O–H groups in total. The van der Waals surface area contributed by atoms with Crippen LogP contribution in [-0.2, 0) is 19.0 Å². The van der Waals surface area contributed by atoms with Crippen molar-refractivity contribution in [1.82, 2.24) is 0 Å². The van der Waals surface area contributed by atoms with Gasteiger partial charge in [0.15, 0.2) is 6.29 Å². The number of rotatable bonds is 27. The lowest BCUT2D eigenvalue weighted by Gasteiger charge is -2.40. The molecule has 1 fully saturated rings. The van der Waals surface area contributed by atoms with Crippen LogP contribution in [0.4, 0.5) is 0 Å². The van der Waals surface area contributed by atoms with Crippen molar-refractivity contribution in [2.75, 3.05) is 0 Å². The van der Waals surface area contributed by atoms with Crippen LogP contribution < -0.4 is 0 Å². The van der Waals surface area contributed by atoms with Crippen molar-refractivity contribution < 1.29 is 39.4 Å². The van der Waals surface area contributed by atoms with Crippen molar-refractivity contribution in [3.05, 3.63) is 0 Å². The molecule has 0 radical (unpaired) electrons. The zero-order valence-corrected chi connectivity index (χ0v) is 27.2. The molecule has 7 atom stereocenters. The Morgan fingerprint density at radius 3 is 1.55 bits per heavy atom. The lowest BCUT2D eigenvalue weighted by molar-refractivity contribution is -0.304. The first-order valence-corrected chi connectivity index (χ1v) is 17.5. The van der Waals surface area contributed by atoms with Gasteiger partial charge in [-0.1, -0.05) is 136 Å². The van der Waals surface area contributed by atoms with Crippen LogP contribution >= 0.6 is 0 Å². The molecule has 250 valence electrons. The summed E-state index contributed by atoms with van der Waals surface area (Å²) in [5, 5.41) is 40.8. The van der Waals surface area contributed by atoms with Crippen LogP contribution in [0.25, 0.3) is 0 Å². The van der Waals surface area contributed by atoms with E-state index in [4.69, 9.17) is 14.2 Å². The first-order chi connectivity index (χ1) is 20.3. The minimum absolute atomic E-state index is 0.0774. The van der Waals surface area contributed by atoms with E-state index in [9.17, 15) is 25.2 Å². The highest BCUT2D eigenvalue weighted by molar-refractivity contribution is 5.70. The highest BCUT2D eigenvalue weighted by Gasteiger charge is 2.43. The molecule has 1 rings (SSSR count). The Labute approximate surface area is 256 Å². The van der Waals surface area contributed by atoms with Crippen LogP contribution in [0.2, 0.25) is 0 Å². The van der Waals surface area contributed by atoms with Crippen LogP contribution in [0.1, 0.15) is 168 Å². The molecule has 0 aromatic rings. The summed E-state index contributed by atoms with van der Waals surface area (Å²) in [7, 11) is 0. The first kappa shape index (κ1) is 39.3. The van der Waals surface area contributed by atoms with Gasteiger partial charge in [0.25, 0.3) is 0 Å². The first-order valence-electron chi connectivity index (χ1n) is 17.5. The fourth-order valence-electron chi connectivity index (χ4n) is 5.64. The average Bonchev–Trinajstić information content (AvgIpc) is 2.96. The van der Waals surface area contributed by atoms with Gasteiger partial charge >= 0.3 is 5.97 Å². The van der Waals surface area contributed by atoms with E-state index >= 15 is 0 Å². The predicted octanol–water partition coefficient (Wildman–Crippen LogP) is 7.07. The molecule has 1 saturated heterocycles. The highest BCUT2D eigenvalue weighted by Crippen LogP contribution is 2.25. The van der Waals surface area contributed by atoms with Crippen LogP contribution in [0.15, 0.2) is 0 Å². The van der Waals surface area contributed by atoms with Crippen LogP contribution in [0.3, 0.4) is 0 Å². The SMILES string of the molecule is CCCCCCCCCCCCC[C@H](O)OC(=O)C[C@@H](CCCCCCCCCCC)O[C@@H]1OC(C)[C@H](O)C(O)C1O. The number of unbranched alkanes of at least 4 members (excludes halogenated alkanes) is 18.